The first kappa shape index (κ1) is 19.4. The van der Waals surface area contributed by atoms with Gasteiger partial charge in [-0.2, -0.15) is 0 Å². The van der Waals surface area contributed by atoms with E-state index in [1.807, 2.05) is 12.3 Å². The van der Waals surface area contributed by atoms with Crippen LogP contribution in [0.15, 0.2) is 97.3 Å². The molecule has 1 aliphatic rings. The van der Waals surface area contributed by atoms with Crippen molar-refractivity contribution in [3.05, 3.63) is 108 Å². The molecule has 0 fully saturated rings. The second-order valence-corrected chi connectivity index (χ2v) is 9.25. The van der Waals surface area contributed by atoms with Crippen molar-refractivity contribution in [2.45, 2.75) is 25.7 Å². The number of pyridine rings is 2. The number of hydrogen-bond acceptors (Lipinski definition) is 2. The van der Waals surface area contributed by atoms with Crippen LogP contribution in [-0.4, -0.2) is 9.97 Å². The third kappa shape index (κ3) is 2.95. The molecule has 0 N–H and O–H groups in total. The van der Waals surface area contributed by atoms with Crippen LogP contribution < -0.4 is 0 Å². The molecular weight excluding hydrogens is 412 g/mol. The summed E-state index contributed by atoms with van der Waals surface area (Å²) in [6.07, 6.45) is 8.69. The van der Waals surface area contributed by atoms with Gasteiger partial charge in [0.1, 0.15) is 0 Å². The maximum Gasteiger partial charge on any atom is 0.159 e. The number of benzene rings is 4. The summed E-state index contributed by atoms with van der Waals surface area (Å²) in [5, 5.41) is 6.52. The number of aromatic nitrogens is 2. The van der Waals surface area contributed by atoms with Gasteiger partial charge in [0.05, 0.1) is 0 Å². The smallest absolute Gasteiger partial charge is 0.159 e. The lowest BCUT2D eigenvalue weighted by molar-refractivity contribution is 0.690. The van der Waals surface area contributed by atoms with Crippen LogP contribution in [0.2, 0.25) is 0 Å². The fraction of sp³-hybridized carbons (Fsp3) is 0.125. The van der Waals surface area contributed by atoms with Gasteiger partial charge in [-0.3, -0.25) is 0 Å². The van der Waals surface area contributed by atoms with E-state index in [0.29, 0.717) is 0 Å². The number of fused-ring (bicyclic) bond motifs is 6. The van der Waals surface area contributed by atoms with Gasteiger partial charge < -0.3 is 0 Å². The minimum absolute atomic E-state index is 0.781. The molecule has 2 heterocycles. The summed E-state index contributed by atoms with van der Waals surface area (Å²) in [5.74, 6) is 0. The lowest BCUT2D eigenvalue weighted by Gasteiger charge is -2.19. The minimum Gasteiger partial charge on any atom is -0.237 e. The molecule has 0 atom stereocenters. The van der Waals surface area contributed by atoms with Crippen molar-refractivity contribution in [3.63, 3.8) is 0 Å². The highest BCUT2D eigenvalue weighted by molar-refractivity contribution is 6.14. The first-order valence-electron chi connectivity index (χ1n) is 12.1. The summed E-state index contributed by atoms with van der Waals surface area (Å²) in [5.41, 5.74) is 8.76. The van der Waals surface area contributed by atoms with Gasteiger partial charge in [0, 0.05) is 17.8 Å². The Hall–Kier alpha value is -4.04. The van der Waals surface area contributed by atoms with Crippen molar-refractivity contribution >= 4 is 32.6 Å². The van der Waals surface area contributed by atoms with E-state index in [9.17, 15) is 0 Å². The number of rotatable bonds is 2. The quantitative estimate of drug-likeness (QED) is 0.256. The van der Waals surface area contributed by atoms with Gasteiger partial charge in [-0.25, -0.2) is 9.97 Å². The van der Waals surface area contributed by atoms with Crippen LogP contribution in [-0.2, 0) is 12.8 Å². The Bertz CT molecular complexity index is 1710. The molecule has 1 aliphatic carbocycles. The van der Waals surface area contributed by atoms with E-state index < -0.39 is 0 Å². The summed E-state index contributed by atoms with van der Waals surface area (Å²) in [4.78, 5) is 8.96. The van der Waals surface area contributed by atoms with E-state index in [2.05, 4.69) is 88.8 Å². The third-order valence-electron chi connectivity index (χ3n) is 7.41. The standard InChI is InChI=1S/C32H24N2/c1-2-8-22-21(7-1)14-15-28-26-12-5-11-25(29(26)17-16-27(22)28)23-9-3-4-10-24(23)30-18-20-34-32-31(30)13-6-19-33-32/h3-6,9-20H,1-2,7-8H2. The van der Waals surface area contributed by atoms with E-state index in [-0.39, 0.29) is 0 Å². The number of hydrogen-bond donors (Lipinski definition) is 0. The highest BCUT2D eigenvalue weighted by atomic mass is 14.8. The molecule has 0 saturated carbocycles. The largest absolute Gasteiger partial charge is 0.237 e. The first-order chi connectivity index (χ1) is 16.9. The van der Waals surface area contributed by atoms with Crippen molar-refractivity contribution in [2.24, 2.45) is 0 Å². The third-order valence-corrected chi connectivity index (χ3v) is 7.41. The van der Waals surface area contributed by atoms with E-state index in [4.69, 9.17) is 0 Å². The Labute approximate surface area is 198 Å². The molecule has 2 aromatic heterocycles. The SMILES string of the molecule is c1ccc(-c2cccc3c2ccc2c4c(ccc23)CCCC4)c(-c2ccnc3ncccc23)c1. The van der Waals surface area contributed by atoms with Crippen LogP contribution in [0.1, 0.15) is 24.0 Å². The van der Waals surface area contributed by atoms with Gasteiger partial charge in [0.25, 0.3) is 0 Å². The van der Waals surface area contributed by atoms with Crippen LogP contribution in [0, 0.1) is 0 Å². The fourth-order valence-electron chi connectivity index (χ4n) is 5.83. The Kier molecular flexibility index (Phi) is 4.44. The monoisotopic (exact) mass is 436 g/mol. The highest BCUT2D eigenvalue weighted by Crippen LogP contribution is 2.41. The zero-order valence-electron chi connectivity index (χ0n) is 19.0. The van der Waals surface area contributed by atoms with Crippen molar-refractivity contribution < 1.29 is 0 Å². The molecule has 162 valence electrons. The van der Waals surface area contributed by atoms with Crippen molar-refractivity contribution in [1.82, 2.24) is 9.97 Å². The summed E-state index contributed by atoms with van der Waals surface area (Å²) in [6.45, 7) is 0. The van der Waals surface area contributed by atoms with Crippen molar-refractivity contribution in [1.29, 1.82) is 0 Å². The zero-order valence-corrected chi connectivity index (χ0v) is 19.0. The molecule has 2 heteroatoms. The Morgan fingerprint density at radius 3 is 2.03 bits per heavy atom. The minimum atomic E-state index is 0.781. The molecule has 34 heavy (non-hydrogen) atoms. The second kappa shape index (κ2) is 7.78. The van der Waals surface area contributed by atoms with Gasteiger partial charge in [-0.05, 0) is 98.8 Å². The molecule has 2 nitrogen and oxygen atoms in total. The summed E-state index contributed by atoms with van der Waals surface area (Å²) >= 11 is 0. The lowest BCUT2D eigenvalue weighted by atomic mass is 9.85. The molecule has 0 spiro atoms. The van der Waals surface area contributed by atoms with Gasteiger partial charge in [-0.15, -0.1) is 0 Å². The summed E-state index contributed by atoms with van der Waals surface area (Å²) in [6, 6.07) is 31.1. The predicted octanol–water partition coefficient (Wildman–Crippen LogP) is 8.15. The summed E-state index contributed by atoms with van der Waals surface area (Å²) in [7, 11) is 0. The predicted molar refractivity (Wildman–Crippen MR) is 142 cm³/mol. The molecule has 0 radical (unpaired) electrons. The Balaban J connectivity index is 1.50. The van der Waals surface area contributed by atoms with Gasteiger partial charge >= 0.3 is 0 Å². The molecule has 0 unspecified atom stereocenters. The van der Waals surface area contributed by atoms with E-state index in [1.54, 1.807) is 11.8 Å². The molecule has 4 aromatic carbocycles. The lowest BCUT2D eigenvalue weighted by Crippen LogP contribution is -2.03. The topological polar surface area (TPSA) is 25.8 Å². The van der Waals surface area contributed by atoms with Crippen LogP contribution in [0.4, 0.5) is 0 Å². The average molecular weight is 437 g/mol. The number of nitrogens with zero attached hydrogens (tertiary/aromatic N) is 2. The number of aryl methyl sites for hydroxylation is 2. The van der Waals surface area contributed by atoms with E-state index in [0.717, 1.165) is 11.0 Å². The Morgan fingerprint density at radius 1 is 0.441 bits per heavy atom. The molecule has 0 saturated heterocycles. The maximum absolute atomic E-state index is 4.48. The van der Waals surface area contributed by atoms with Crippen LogP contribution in [0.5, 0.6) is 0 Å². The molecular formula is C32H24N2. The van der Waals surface area contributed by atoms with Crippen LogP contribution in [0.25, 0.3) is 54.8 Å². The van der Waals surface area contributed by atoms with Gasteiger partial charge in [0.15, 0.2) is 5.65 Å². The molecule has 0 bridgehead atoms. The normalized spacial score (nSPS) is 13.4. The molecule has 6 aromatic rings. The van der Waals surface area contributed by atoms with Crippen LogP contribution in [0.3, 0.4) is 0 Å². The van der Waals surface area contributed by atoms with Crippen LogP contribution >= 0.6 is 0 Å². The summed E-state index contributed by atoms with van der Waals surface area (Å²) < 4.78 is 0. The van der Waals surface area contributed by atoms with Crippen molar-refractivity contribution in [2.75, 3.05) is 0 Å². The van der Waals surface area contributed by atoms with Gasteiger partial charge in [0.2, 0.25) is 0 Å². The Morgan fingerprint density at radius 2 is 1.12 bits per heavy atom. The highest BCUT2D eigenvalue weighted by Gasteiger charge is 2.16. The molecule has 0 aliphatic heterocycles. The first-order valence-corrected chi connectivity index (χ1v) is 12.1. The second-order valence-electron chi connectivity index (χ2n) is 9.25. The molecule has 7 rings (SSSR count). The van der Waals surface area contributed by atoms with Crippen molar-refractivity contribution in [3.8, 4) is 22.3 Å². The maximum atomic E-state index is 4.48. The fourth-order valence-corrected chi connectivity index (χ4v) is 5.83. The molecule has 0 amide bonds. The average Bonchev–Trinajstić information content (AvgIpc) is 2.92. The zero-order chi connectivity index (χ0) is 22.5. The van der Waals surface area contributed by atoms with Gasteiger partial charge in [-0.1, -0.05) is 66.7 Å². The van der Waals surface area contributed by atoms with E-state index >= 15 is 0 Å². The van der Waals surface area contributed by atoms with E-state index in [1.165, 1.54) is 75.0 Å².